The van der Waals surface area contributed by atoms with Crippen LogP contribution in [-0.2, 0) is 24.2 Å². The summed E-state index contributed by atoms with van der Waals surface area (Å²) in [7, 11) is -5.00. The van der Waals surface area contributed by atoms with E-state index in [1.807, 2.05) is 0 Å². The van der Waals surface area contributed by atoms with Crippen molar-refractivity contribution in [1.29, 1.82) is 0 Å². The molecule has 2 aromatic carbocycles. The second-order valence-corrected chi connectivity index (χ2v) is 7.75. The Morgan fingerprint density at radius 3 is 2.57 bits per heavy atom. The van der Waals surface area contributed by atoms with E-state index in [9.17, 15) is 22.4 Å². The number of amides is 2. The molecule has 2 aliphatic rings. The maximum Gasteiger partial charge on any atom is 0.418 e. The van der Waals surface area contributed by atoms with Crippen molar-refractivity contribution in [3.05, 3.63) is 59.4 Å². The highest BCUT2D eigenvalue weighted by Gasteiger charge is 2.53. The van der Waals surface area contributed by atoms with Gasteiger partial charge in [0.15, 0.2) is 6.04 Å². The average Bonchev–Trinajstić information content (AvgIpc) is 2.94. The minimum atomic E-state index is -5.00. The molecular formula is C19H17FN2O7S. The van der Waals surface area contributed by atoms with E-state index in [-0.39, 0.29) is 13.2 Å². The molecule has 0 aromatic heterocycles. The summed E-state index contributed by atoms with van der Waals surface area (Å²) >= 11 is 0. The smallest absolute Gasteiger partial charge is 0.418 e. The van der Waals surface area contributed by atoms with Gasteiger partial charge in [-0.05, 0) is 41.3 Å². The Bertz CT molecular complexity index is 1120. The number of halogens is 1. The number of carbonyl (C=O) groups is 2. The van der Waals surface area contributed by atoms with Crippen molar-refractivity contribution in [2.24, 2.45) is 0 Å². The van der Waals surface area contributed by atoms with Gasteiger partial charge in [-0.25, -0.2) is 14.0 Å². The Kier molecular flexibility index (Phi) is 4.96. The number of urea groups is 1. The zero-order valence-corrected chi connectivity index (χ0v) is 16.5. The summed E-state index contributed by atoms with van der Waals surface area (Å²) in [5, 5.41) is 0.528. The number of fused-ring (bicyclic) bond motifs is 4. The Morgan fingerprint density at radius 1 is 1.23 bits per heavy atom. The maximum absolute atomic E-state index is 13.4. The quantitative estimate of drug-likeness (QED) is 0.566. The minimum absolute atomic E-state index is 0.0664. The van der Waals surface area contributed by atoms with Crippen LogP contribution in [0, 0.1) is 5.82 Å². The van der Waals surface area contributed by atoms with Crippen LogP contribution in [0.2, 0.25) is 0 Å². The zero-order chi connectivity index (χ0) is 21.6. The SMILES string of the molecule is CCOC(=O)C1c2cccc(-c3ccc(F)cc3)c2[C@H]2CN1C(=O)N2OS(=O)(=O)O. The lowest BCUT2D eigenvalue weighted by Crippen LogP contribution is -2.39. The summed E-state index contributed by atoms with van der Waals surface area (Å²) in [4.78, 5) is 26.7. The van der Waals surface area contributed by atoms with E-state index < -0.39 is 40.3 Å². The molecule has 0 radical (unpaired) electrons. The number of esters is 1. The van der Waals surface area contributed by atoms with Crippen molar-refractivity contribution in [1.82, 2.24) is 9.96 Å². The number of rotatable bonds is 5. The normalized spacial score (nSPS) is 20.3. The lowest BCUT2D eigenvalue weighted by atomic mass is 9.85. The first kappa shape index (κ1) is 20.3. The molecule has 0 spiro atoms. The van der Waals surface area contributed by atoms with Crippen molar-refractivity contribution in [3.8, 4) is 11.1 Å². The molecule has 0 saturated carbocycles. The highest BCUT2D eigenvalue weighted by atomic mass is 32.3. The molecule has 11 heteroatoms. The van der Waals surface area contributed by atoms with Crippen LogP contribution in [0.1, 0.15) is 30.1 Å². The monoisotopic (exact) mass is 436 g/mol. The van der Waals surface area contributed by atoms with Crippen LogP contribution < -0.4 is 0 Å². The molecule has 9 nitrogen and oxygen atoms in total. The fourth-order valence-electron chi connectivity index (χ4n) is 3.93. The largest absolute Gasteiger partial charge is 0.464 e. The summed E-state index contributed by atoms with van der Waals surface area (Å²) < 4.78 is 54.9. The Morgan fingerprint density at radius 2 is 1.93 bits per heavy atom. The van der Waals surface area contributed by atoms with E-state index in [0.29, 0.717) is 27.3 Å². The Labute approximate surface area is 171 Å². The third-order valence-corrected chi connectivity index (χ3v) is 5.35. The molecule has 0 aliphatic carbocycles. The average molecular weight is 436 g/mol. The number of hydrogen-bond donors (Lipinski definition) is 1. The standard InChI is InChI=1S/C19H17FN2O7S/c1-2-28-18(23)17-14-5-3-4-13(11-6-8-12(20)9-7-11)16(14)15-10-21(17)19(24)22(15)29-30(25,26)27/h3-9,15,17H,2,10H2,1H3,(H,25,26,27)/t15-,17?/m1/s1. The van der Waals surface area contributed by atoms with E-state index in [0.717, 1.165) is 4.90 Å². The van der Waals surface area contributed by atoms with Crippen molar-refractivity contribution in [2.75, 3.05) is 13.2 Å². The van der Waals surface area contributed by atoms with Gasteiger partial charge in [-0.1, -0.05) is 30.3 Å². The van der Waals surface area contributed by atoms with Crippen LogP contribution >= 0.6 is 0 Å². The molecule has 2 bridgehead atoms. The van der Waals surface area contributed by atoms with E-state index >= 15 is 0 Å². The lowest BCUT2D eigenvalue weighted by Gasteiger charge is -2.32. The molecule has 1 unspecified atom stereocenters. The maximum atomic E-state index is 13.4. The van der Waals surface area contributed by atoms with Gasteiger partial charge in [-0.2, -0.15) is 13.5 Å². The number of benzene rings is 2. The van der Waals surface area contributed by atoms with Gasteiger partial charge in [0.25, 0.3) is 0 Å². The van der Waals surface area contributed by atoms with Gasteiger partial charge in [0, 0.05) is 0 Å². The van der Waals surface area contributed by atoms with Crippen LogP contribution in [0.4, 0.5) is 9.18 Å². The van der Waals surface area contributed by atoms with Gasteiger partial charge in [0.05, 0.1) is 13.2 Å². The highest BCUT2D eigenvalue weighted by Crippen LogP contribution is 2.48. The molecule has 1 saturated heterocycles. The Balaban J connectivity index is 1.92. The molecule has 158 valence electrons. The van der Waals surface area contributed by atoms with Gasteiger partial charge in [0.1, 0.15) is 11.9 Å². The van der Waals surface area contributed by atoms with Crippen molar-refractivity contribution < 1.29 is 36.0 Å². The predicted molar refractivity (Wildman–Crippen MR) is 101 cm³/mol. The van der Waals surface area contributed by atoms with Crippen LogP contribution in [0.15, 0.2) is 42.5 Å². The highest BCUT2D eigenvalue weighted by molar-refractivity contribution is 7.80. The second-order valence-electron chi connectivity index (χ2n) is 6.75. The number of hydrogen-bond acceptors (Lipinski definition) is 6. The van der Waals surface area contributed by atoms with Crippen molar-refractivity contribution >= 4 is 22.4 Å². The zero-order valence-electron chi connectivity index (χ0n) is 15.7. The van der Waals surface area contributed by atoms with Gasteiger partial charge >= 0.3 is 22.4 Å². The van der Waals surface area contributed by atoms with E-state index in [4.69, 9.17) is 9.29 Å². The van der Waals surface area contributed by atoms with E-state index in [2.05, 4.69) is 4.28 Å². The molecule has 1 N–H and O–H groups in total. The number of hydroxylamine groups is 2. The topological polar surface area (TPSA) is 113 Å². The fraction of sp³-hybridized carbons (Fsp3) is 0.263. The molecular weight excluding hydrogens is 419 g/mol. The number of nitrogens with zero attached hydrogens (tertiary/aromatic N) is 2. The van der Waals surface area contributed by atoms with Crippen LogP contribution in [-0.4, -0.2) is 48.1 Å². The third kappa shape index (κ3) is 3.40. The Hall–Kier alpha value is -3.02. The van der Waals surface area contributed by atoms with Crippen LogP contribution in [0.3, 0.4) is 0 Å². The summed E-state index contributed by atoms with van der Waals surface area (Å²) in [6, 6.07) is 7.64. The van der Waals surface area contributed by atoms with Crippen molar-refractivity contribution in [3.63, 3.8) is 0 Å². The summed E-state index contributed by atoms with van der Waals surface area (Å²) in [6.07, 6.45) is 0. The van der Waals surface area contributed by atoms with Gasteiger partial charge in [-0.3, -0.25) is 4.55 Å². The summed E-state index contributed by atoms with van der Waals surface area (Å²) in [5.41, 5.74) is 2.04. The molecule has 2 aliphatic heterocycles. The molecule has 2 aromatic rings. The van der Waals surface area contributed by atoms with Crippen LogP contribution in [0.25, 0.3) is 11.1 Å². The molecule has 2 atom stereocenters. The number of carbonyl (C=O) groups excluding carboxylic acids is 2. The fourth-order valence-corrected chi connectivity index (χ4v) is 4.30. The molecule has 4 rings (SSSR count). The predicted octanol–water partition coefficient (Wildman–Crippen LogP) is 2.62. The van der Waals surface area contributed by atoms with Crippen LogP contribution in [0.5, 0.6) is 0 Å². The molecule has 1 fully saturated rings. The minimum Gasteiger partial charge on any atom is -0.464 e. The first-order valence-electron chi connectivity index (χ1n) is 9.03. The summed E-state index contributed by atoms with van der Waals surface area (Å²) in [6.45, 7) is 1.64. The lowest BCUT2D eigenvalue weighted by molar-refractivity contribution is -0.148. The summed E-state index contributed by atoms with van der Waals surface area (Å²) in [5.74, 6) is -1.12. The van der Waals surface area contributed by atoms with E-state index in [1.54, 1.807) is 25.1 Å². The van der Waals surface area contributed by atoms with Crippen molar-refractivity contribution in [2.45, 2.75) is 19.0 Å². The second kappa shape index (κ2) is 7.35. The van der Waals surface area contributed by atoms with Gasteiger partial charge in [-0.15, -0.1) is 4.28 Å². The first-order valence-corrected chi connectivity index (χ1v) is 10.4. The molecule has 2 heterocycles. The number of ether oxygens (including phenoxy) is 1. The molecule has 30 heavy (non-hydrogen) atoms. The van der Waals surface area contributed by atoms with E-state index in [1.165, 1.54) is 24.3 Å². The molecule has 2 amide bonds. The third-order valence-electron chi connectivity index (χ3n) is 5.01. The van der Waals surface area contributed by atoms with Gasteiger partial charge in [0.2, 0.25) is 0 Å². The first-order chi connectivity index (χ1) is 14.2. The van der Waals surface area contributed by atoms with Gasteiger partial charge < -0.3 is 9.64 Å².